The van der Waals surface area contributed by atoms with Gasteiger partial charge in [0, 0.05) is 7.11 Å². The van der Waals surface area contributed by atoms with Gasteiger partial charge in [-0.05, 0) is 0 Å². The van der Waals surface area contributed by atoms with Crippen LogP contribution >= 0.6 is 26.0 Å². The van der Waals surface area contributed by atoms with Gasteiger partial charge in [0.2, 0.25) is 0 Å². The van der Waals surface area contributed by atoms with Gasteiger partial charge >= 0.3 is 30.0 Å². The fourth-order valence-corrected chi connectivity index (χ4v) is 0.478. The van der Waals surface area contributed by atoms with E-state index >= 15 is 0 Å². The van der Waals surface area contributed by atoms with Crippen molar-refractivity contribution < 1.29 is 21.4 Å². The molecule has 1 aromatic rings. The molecule has 0 radical (unpaired) electrons. The van der Waals surface area contributed by atoms with Gasteiger partial charge in [0.05, 0.1) is 0 Å². The summed E-state index contributed by atoms with van der Waals surface area (Å²) >= 11 is 4.25. The Labute approximate surface area is 97.0 Å². The van der Waals surface area contributed by atoms with E-state index in [1.807, 2.05) is 30.3 Å². The summed E-state index contributed by atoms with van der Waals surface area (Å²) in [5.74, 6) is 0. The molecule has 0 atom stereocenters. The Balaban J connectivity index is -0.000000144. The van der Waals surface area contributed by atoms with E-state index in [-0.39, 0.29) is 12.4 Å². The van der Waals surface area contributed by atoms with E-state index in [0.717, 1.165) is 12.7 Å². The first-order valence-corrected chi connectivity index (χ1v) is 9.93. The number of halogens is 2. The maximum absolute atomic E-state index is 7.00. The Hall–Kier alpha value is 0.443. The molecule has 0 aromatic heterocycles. The van der Waals surface area contributed by atoms with Crippen LogP contribution in [0.25, 0.3) is 0 Å². The second-order valence-electron chi connectivity index (χ2n) is 1.49. The van der Waals surface area contributed by atoms with Gasteiger partial charge in [0.15, 0.2) is 0 Å². The van der Waals surface area contributed by atoms with Crippen LogP contribution in [0.5, 0.6) is 0 Å². The number of aliphatic hydroxyl groups is 1. The molecule has 1 N–H and O–H groups in total. The molecule has 1 nitrogen and oxygen atoms in total. The summed E-state index contributed by atoms with van der Waals surface area (Å²) in [5.41, 5.74) is 1.07. The van der Waals surface area contributed by atoms with Crippen molar-refractivity contribution in [2.24, 2.45) is 0 Å². The van der Waals surface area contributed by atoms with E-state index < -0.39 is 0 Å². The molecular weight excluding hydrogens is 293 g/mol. The molecule has 0 unspecified atom stereocenters. The van der Waals surface area contributed by atoms with Gasteiger partial charge in [-0.15, -0.1) is 24.5 Å². The zero-order chi connectivity index (χ0) is 9.11. The van der Waals surface area contributed by atoms with Crippen molar-refractivity contribution in [1.29, 1.82) is 0 Å². The predicted octanol–water partition coefficient (Wildman–Crippen LogP) is 2.74. The van der Waals surface area contributed by atoms with E-state index in [9.17, 15) is 0 Å². The Morgan fingerprint density at radius 1 is 1.17 bits per heavy atom. The molecule has 0 aliphatic carbocycles. The van der Waals surface area contributed by atoms with Crippen LogP contribution in [0.2, 0.25) is 0 Å². The number of rotatable bonds is 0. The average Bonchev–Trinajstić information content (AvgIpc) is 2.13. The minimum absolute atomic E-state index is 0. The van der Waals surface area contributed by atoms with Crippen LogP contribution in [-0.4, -0.2) is 12.2 Å². The molecule has 0 heterocycles. The molecular formula is C8H12BrClOZn. The third-order valence-electron chi connectivity index (χ3n) is 0.843. The molecule has 12 heavy (non-hydrogen) atoms. The van der Waals surface area contributed by atoms with Crippen molar-refractivity contribution in [2.75, 3.05) is 7.11 Å². The molecule has 0 bridgehead atoms. The van der Waals surface area contributed by atoms with Gasteiger partial charge < -0.3 is 5.11 Å². The van der Waals surface area contributed by atoms with E-state index in [2.05, 4.69) is 20.5 Å². The fourth-order valence-electron chi connectivity index (χ4n) is 0.478. The van der Waals surface area contributed by atoms with Crippen LogP contribution in [0.1, 0.15) is 5.56 Å². The van der Waals surface area contributed by atoms with Gasteiger partial charge in [0.1, 0.15) is 0 Å². The number of aliphatic hydroxyl groups excluding tert-OH is 1. The van der Waals surface area contributed by atoms with Crippen molar-refractivity contribution >= 4 is 26.0 Å². The van der Waals surface area contributed by atoms with Crippen LogP contribution in [0, 0.1) is 6.92 Å². The predicted molar refractivity (Wildman–Crippen MR) is 55.2 cm³/mol. The van der Waals surface area contributed by atoms with Crippen molar-refractivity contribution in [1.82, 2.24) is 0 Å². The van der Waals surface area contributed by atoms with Crippen molar-refractivity contribution in [2.45, 2.75) is 0 Å². The van der Waals surface area contributed by atoms with Crippen LogP contribution in [0.3, 0.4) is 0 Å². The normalized spacial score (nSPS) is 6.08. The first kappa shape index (κ1) is 18.3. The van der Waals surface area contributed by atoms with E-state index in [1.54, 1.807) is 0 Å². The standard InChI is InChI=1S/C7H7.CH4O.BrH.ClH.Zn/c1-7-5-3-2-4-6-7;1-2;;;/h2-6H,1H2;2H,1H3;2*1H;/q-1;;;;+2/p-1. The molecule has 1 rings (SSSR count). The van der Waals surface area contributed by atoms with Crippen molar-refractivity contribution in [3.05, 3.63) is 42.8 Å². The number of hydrogen-bond acceptors (Lipinski definition) is 1. The fraction of sp³-hybridized carbons (Fsp3) is 0.125. The third kappa shape index (κ3) is 13.1. The van der Waals surface area contributed by atoms with Crippen LogP contribution in [0.4, 0.5) is 0 Å². The monoisotopic (exact) mass is 302 g/mol. The molecule has 0 aliphatic rings. The molecule has 4 heteroatoms. The summed E-state index contributed by atoms with van der Waals surface area (Å²) in [6.45, 7) is 3.72. The Morgan fingerprint density at radius 3 is 1.67 bits per heavy atom. The SMILES string of the molecule is CO.Cl.[CH2-]c1ccccc1.[Zn+][Br]. The second-order valence-corrected chi connectivity index (χ2v) is 1.49. The Kier molecular flexibility index (Phi) is 26.7. The van der Waals surface area contributed by atoms with Gasteiger partial charge in [-0.1, -0.05) is 6.07 Å². The number of hydrogen-bond donors (Lipinski definition) is 1. The summed E-state index contributed by atoms with van der Waals surface area (Å²) in [7, 11) is 1.00. The minimum atomic E-state index is 0. The molecule has 0 spiro atoms. The maximum atomic E-state index is 7.00. The first-order valence-electron chi connectivity index (χ1n) is 2.98. The third-order valence-corrected chi connectivity index (χ3v) is 0.843. The molecule has 66 valence electrons. The van der Waals surface area contributed by atoms with Gasteiger partial charge in [-0.3, -0.25) is 0 Å². The molecule has 0 amide bonds. The molecule has 1 aromatic carbocycles. The van der Waals surface area contributed by atoms with Crippen molar-refractivity contribution in [3.63, 3.8) is 0 Å². The van der Waals surface area contributed by atoms with E-state index in [1.165, 1.54) is 16.3 Å². The molecule has 0 aliphatic heterocycles. The quantitative estimate of drug-likeness (QED) is 0.577. The van der Waals surface area contributed by atoms with E-state index in [0.29, 0.717) is 0 Å². The summed E-state index contributed by atoms with van der Waals surface area (Å²) in [6.07, 6.45) is 0. The summed E-state index contributed by atoms with van der Waals surface area (Å²) < 4.78 is 0. The Bertz CT molecular complexity index is 149. The van der Waals surface area contributed by atoms with Gasteiger partial charge in [0.25, 0.3) is 0 Å². The molecule has 0 saturated heterocycles. The van der Waals surface area contributed by atoms with Crippen molar-refractivity contribution in [3.8, 4) is 0 Å². The Morgan fingerprint density at radius 2 is 1.50 bits per heavy atom. The van der Waals surface area contributed by atoms with Gasteiger partial charge in [-0.2, -0.15) is 24.6 Å². The van der Waals surface area contributed by atoms with Crippen LogP contribution in [0.15, 0.2) is 30.3 Å². The zero-order valence-electron chi connectivity index (χ0n) is 7.03. The topological polar surface area (TPSA) is 20.2 Å². The second kappa shape index (κ2) is 17.5. The summed E-state index contributed by atoms with van der Waals surface area (Å²) in [4.78, 5) is 0. The molecule has 0 saturated carbocycles. The first-order chi connectivity index (χ1) is 5.39. The zero-order valence-corrected chi connectivity index (χ0v) is 12.4. The van der Waals surface area contributed by atoms with Crippen LogP contribution in [-0.2, 0) is 16.3 Å². The molecule has 0 fully saturated rings. The average molecular weight is 305 g/mol. The summed E-state index contributed by atoms with van der Waals surface area (Å²) in [5, 5.41) is 7.00. The van der Waals surface area contributed by atoms with Gasteiger partial charge in [-0.25, -0.2) is 0 Å². The van der Waals surface area contributed by atoms with E-state index in [4.69, 9.17) is 5.11 Å². The number of benzene rings is 1. The summed E-state index contributed by atoms with van der Waals surface area (Å²) in [6, 6.07) is 9.87. The van der Waals surface area contributed by atoms with Crippen LogP contribution < -0.4 is 0 Å².